The van der Waals surface area contributed by atoms with E-state index in [4.69, 9.17) is 5.11 Å². The van der Waals surface area contributed by atoms with Gasteiger partial charge in [-0.05, 0) is 36.3 Å². The monoisotopic (exact) mass is 214 g/mol. The van der Waals surface area contributed by atoms with Crippen molar-refractivity contribution in [1.29, 1.82) is 0 Å². The van der Waals surface area contributed by atoms with E-state index >= 15 is 0 Å². The Morgan fingerprint density at radius 2 is 2.38 bits per heavy atom. The third kappa shape index (κ3) is 2.60. The van der Waals surface area contributed by atoms with Gasteiger partial charge in [0.2, 0.25) is 0 Å². The van der Waals surface area contributed by atoms with Crippen LogP contribution in [-0.4, -0.2) is 17.3 Å². The first-order chi connectivity index (χ1) is 6.15. The van der Waals surface area contributed by atoms with Crippen LogP contribution < -0.4 is 0 Å². The van der Waals surface area contributed by atoms with Gasteiger partial charge < -0.3 is 5.11 Å². The molecule has 4 heteroatoms. The van der Waals surface area contributed by atoms with Gasteiger partial charge in [0.15, 0.2) is 0 Å². The number of carboxylic acid groups (broad SMARTS) is 1. The van der Waals surface area contributed by atoms with Crippen molar-refractivity contribution in [3.05, 3.63) is 22.6 Å². The molecule has 0 saturated carbocycles. The molecular formula is C9H10O2S2. The second kappa shape index (κ2) is 4.48. The Hall–Kier alpha value is -0.740. The van der Waals surface area contributed by atoms with Crippen LogP contribution in [-0.2, 0) is 4.79 Å². The van der Waals surface area contributed by atoms with Gasteiger partial charge in [0.05, 0.1) is 4.21 Å². The van der Waals surface area contributed by atoms with Gasteiger partial charge in [0.25, 0.3) is 0 Å². The van der Waals surface area contributed by atoms with Crippen molar-refractivity contribution in [3.8, 4) is 0 Å². The molecule has 1 aromatic heterocycles. The number of rotatable bonds is 3. The molecule has 0 atom stereocenters. The van der Waals surface area contributed by atoms with Gasteiger partial charge in [0, 0.05) is 5.57 Å². The SMILES string of the molecule is CSc1sccc1/C=C(\C)C(=O)O. The van der Waals surface area contributed by atoms with E-state index in [2.05, 4.69) is 0 Å². The zero-order valence-electron chi connectivity index (χ0n) is 7.40. The van der Waals surface area contributed by atoms with Crippen LogP contribution in [0.1, 0.15) is 12.5 Å². The second-order valence-corrected chi connectivity index (χ2v) is 4.49. The highest BCUT2D eigenvalue weighted by atomic mass is 32.2. The standard InChI is InChI=1S/C9H10O2S2/c1-6(8(10)11)5-7-3-4-13-9(7)12-2/h3-5H,1-2H3,(H,10,11)/b6-5+. The van der Waals surface area contributed by atoms with Crippen molar-refractivity contribution in [2.24, 2.45) is 0 Å². The molecule has 0 fully saturated rings. The molecule has 0 radical (unpaired) electrons. The summed E-state index contributed by atoms with van der Waals surface area (Å²) in [5, 5.41) is 10.6. The summed E-state index contributed by atoms with van der Waals surface area (Å²) in [5.74, 6) is -0.863. The topological polar surface area (TPSA) is 37.3 Å². The Morgan fingerprint density at radius 1 is 1.69 bits per heavy atom. The van der Waals surface area contributed by atoms with E-state index < -0.39 is 5.97 Å². The molecule has 1 heterocycles. The van der Waals surface area contributed by atoms with Crippen LogP contribution in [0.5, 0.6) is 0 Å². The zero-order chi connectivity index (χ0) is 9.84. The summed E-state index contributed by atoms with van der Waals surface area (Å²) in [6, 6.07) is 1.93. The Morgan fingerprint density at radius 3 is 2.92 bits per heavy atom. The predicted octanol–water partition coefficient (Wildman–Crippen LogP) is 2.96. The molecule has 0 aromatic carbocycles. The van der Waals surface area contributed by atoms with Crippen LogP contribution in [0.15, 0.2) is 21.2 Å². The maximum Gasteiger partial charge on any atom is 0.331 e. The number of thiophene rings is 1. The molecule has 13 heavy (non-hydrogen) atoms. The fraction of sp³-hybridized carbons (Fsp3) is 0.222. The number of aliphatic carboxylic acids is 1. The Labute approximate surface area is 85.3 Å². The summed E-state index contributed by atoms with van der Waals surface area (Å²) >= 11 is 3.27. The minimum atomic E-state index is -0.863. The molecule has 0 amide bonds. The lowest BCUT2D eigenvalue weighted by atomic mass is 10.2. The van der Waals surface area contributed by atoms with E-state index in [1.807, 2.05) is 17.7 Å². The highest BCUT2D eigenvalue weighted by Gasteiger charge is 2.03. The van der Waals surface area contributed by atoms with Crippen molar-refractivity contribution in [1.82, 2.24) is 0 Å². The molecule has 0 saturated heterocycles. The lowest BCUT2D eigenvalue weighted by molar-refractivity contribution is -0.132. The summed E-state index contributed by atoms with van der Waals surface area (Å²) in [6.45, 7) is 1.60. The highest BCUT2D eigenvalue weighted by molar-refractivity contribution is 8.00. The number of hydrogen-bond donors (Lipinski definition) is 1. The van der Waals surface area contributed by atoms with Gasteiger partial charge in [-0.2, -0.15) is 0 Å². The minimum Gasteiger partial charge on any atom is -0.478 e. The fourth-order valence-electron chi connectivity index (χ4n) is 0.873. The van der Waals surface area contributed by atoms with E-state index in [9.17, 15) is 4.79 Å². The van der Waals surface area contributed by atoms with Crippen LogP contribution in [0.2, 0.25) is 0 Å². The van der Waals surface area contributed by atoms with Crippen LogP contribution in [0.3, 0.4) is 0 Å². The molecular weight excluding hydrogens is 204 g/mol. The molecule has 1 aromatic rings. The third-order valence-electron chi connectivity index (χ3n) is 1.55. The lowest BCUT2D eigenvalue weighted by Gasteiger charge is -1.95. The van der Waals surface area contributed by atoms with Crippen LogP contribution in [0, 0.1) is 0 Å². The molecule has 0 aliphatic heterocycles. The van der Waals surface area contributed by atoms with Gasteiger partial charge in [-0.25, -0.2) is 4.79 Å². The second-order valence-electron chi connectivity index (χ2n) is 2.50. The fourth-order valence-corrected chi connectivity index (χ4v) is 2.39. The maximum absolute atomic E-state index is 10.6. The Bertz CT molecular complexity index is 339. The van der Waals surface area contributed by atoms with Crippen molar-refractivity contribution in [3.63, 3.8) is 0 Å². The molecule has 0 bridgehead atoms. The quantitative estimate of drug-likeness (QED) is 0.621. The summed E-state index contributed by atoms with van der Waals surface area (Å²) in [4.78, 5) is 10.6. The molecule has 1 rings (SSSR count). The predicted molar refractivity (Wildman–Crippen MR) is 57.4 cm³/mol. The van der Waals surface area contributed by atoms with E-state index in [-0.39, 0.29) is 0 Å². The highest BCUT2D eigenvalue weighted by Crippen LogP contribution is 2.28. The van der Waals surface area contributed by atoms with E-state index in [0.29, 0.717) is 5.57 Å². The largest absolute Gasteiger partial charge is 0.478 e. The van der Waals surface area contributed by atoms with E-state index in [1.165, 1.54) is 0 Å². The minimum absolute atomic E-state index is 0.369. The maximum atomic E-state index is 10.6. The summed E-state index contributed by atoms with van der Waals surface area (Å²) < 4.78 is 1.15. The van der Waals surface area contributed by atoms with Crippen molar-refractivity contribution < 1.29 is 9.90 Å². The first-order valence-corrected chi connectivity index (χ1v) is 5.78. The summed E-state index contributed by atoms with van der Waals surface area (Å²) in [6.07, 6.45) is 3.68. The van der Waals surface area contributed by atoms with Crippen molar-refractivity contribution >= 4 is 35.1 Å². The van der Waals surface area contributed by atoms with Gasteiger partial charge in [0.1, 0.15) is 0 Å². The van der Waals surface area contributed by atoms with Gasteiger partial charge in [-0.1, -0.05) is 0 Å². The first kappa shape index (κ1) is 10.3. The smallest absolute Gasteiger partial charge is 0.331 e. The summed E-state index contributed by atoms with van der Waals surface area (Å²) in [5.41, 5.74) is 1.37. The number of hydrogen-bond acceptors (Lipinski definition) is 3. The third-order valence-corrected chi connectivity index (χ3v) is 3.67. The normalized spacial score (nSPS) is 11.7. The molecule has 70 valence electrons. The first-order valence-electron chi connectivity index (χ1n) is 3.68. The van der Waals surface area contributed by atoms with Crippen molar-refractivity contribution in [2.45, 2.75) is 11.1 Å². The molecule has 2 nitrogen and oxygen atoms in total. The average Bonchev–Trinajstić information content (AvgIpc) is 2.51. The van der Waals surface area contributed by atoms with Crippen LogP contribution in [0.4, 0.5) is 0 Å². The zero-order valence-corrected chi connectivity index (χ0v) is 9.04. The molecule has 0 spiro atoms. The van der Waals surface area contributed by atoms with Gasteiger partial charge >= 0.3 is 5.97 Å². The molecule has 0 aliphatic carbocycles. The lowest BCUT2D eigenvalue weighted by Crippen LogP contribution is -1.95. The van der Waals surface area contributed by atoms with E-state index in [1.54, 1.807) is 36.1 Å². The Kier molecular flexibility index (Phi) is 3.57. The Balaban J connectivity index is 2.96. The van der Waals surface area contributed by atoms with Gasteiger partial charge in [-0.3, -0.25) is 0 Å². The number of carboxylic acids is 1. The molecule has 0 aliphatic rings. The molecule has 0 unspecified atom stereocenters. The van der Waals surface area contributed by atoms with Crippen molar-refractivity contribution in [2.75, 3.05) is 6.26 Å². The average molecular weight is 214 g/mol. The van der Waals surface area contributed by atoms with Crippen LogP contribution >= 0.6 is 23.1 Å². The van der Waals surface area contributed by atoms with Gasteiger partial charge in [-0.15, -0.1) is 23.1 Å². The molecule has 1 N–H and O–H groups in total. The van der Waals surface area contributed by atoms with Crippen LogP contribution in [0.25, 0.3) is 6.08 Å². The summed E-state index contributed by atoms with van der Waals surface area (Å²) in [7, 11) is 0. The van der Waals surface area contributed by atoms with E-state index in [0.717, 1.165) is 9.77 Å². The number of thioether (sulfide) groups is 1. The number of carbonyl (C=O) groups is 1.